The van der Waals surface area contributed by atoms with Crippen molar-refractivity contribution in [1.82, 2.24) is 9.80 Å². The molecule has 0 bridgehead atoms. The Morgan fingerprint density at radius 3 is 2.33 bits per heavy atom. The highest BCUT2D eigenvalue weighted by Gasteiger charge is 2.21. The predicted molar refractivity (Wildman–Crippen MR) is 57.7 cm³/mol. The number of urea groups is 1. The summed E-state index contributed by atoms with van der Waals surface area (Å²) >= 11 is 2.46. The summed E-state index contributed by atoms with van der Waals surface area (Å²) in [4.78, 5) is 15.0. The lowest BCUT2D eigenvalue weighted by Crippen LogP contribution is -2.44. The van der Waals surface area contributed by atoms with Gasteiger partial charge in [0.25, 0.3) is 0 Å². The van der Waals surface area contributed by atoms with Gasteiger partial charge in [0.1, 0.15) is 0 Å². The van der Waals surface area contributed by atoms with Gasteiger partial charge in [-0.3, -0.25) is 0 Å². The number of carbonyl (C=O) groups excluding carboxylic acids is 1. The van der Waals surface area contributed by atoms with Crippen LogP contribution in [-0.4, -0.2) is 46.9 Å². The second-order valence-corrected chi connectivity index (χ2v) is 5.10. The van der Waals surface area contributed by atoms with Crippen molar-refractivity contribution < 1.29 is 4.79 Å². The fraction of sp³-hybridized carbons (Fsp3) is 0.875. The molecule has 2 amide bonds. The van der Waals surface area contributed by atoms with Gasteiger partial charge >= 0.3 is 6.03 Å². The summed E-state index contributed by atoms with van der Waals surface area (Å²) in [5, 5.41) is 0. The molecule has 4 heteroatoms. The largest absolute Gasteiger partial charge is 0.331 e. The van der Waals surface area contributed by atoms with Crippen molar-refractivity contribution in [2.45, 2.75) is 16.8 Å². The van der Waals surface area contributed by atoms with E-state index in [1.807, 2.05) is 4.90 Å². The van der Waals surface area contributed by atoms with Crippen LogP contribution in [0.25, 0.3) is 0 Å². The van der Waals surface area contributed by atoms with Gasteiger partial charge in [0.15, 0.2) is 0 Å². The highest BCUT2D eigenvalue weighted by atomic mass is 127. The first-order valence-corrected chi connectivity index (χ1v) is 5.46. The van der Waals surface area contributed by atoms with E-state index in [4.69, 9.17) is 0 Å². The molecule has 0 aromatic heterocycles. The third-order valence-corrected chi connectivity index (χ3v) is 3.32. The van der Waals surface area contributed by atoms with Crippen LogP contribution in [0.3, 0.4) is 0 Å². The van der Waals surface area contributed by atoms with E-state index in [1.54, 1.807) is 19.0 Å². The van der Waals surface area contributed by atoms with E-state index in [0.29, 0.717) is 0 Å². The number of hydrogen-bond acceptors (Lipinski definition) is 1. The van der Waals surface area contributed by atoms with E-state index in [2.05, 4.69) is 22.6 Å². The highest BCUT2D eigenvalue weighted by molar-refractivity contribution is 14.1. The Kier molecular flexibility index (Phi) is 3.61. The number of hydrogen-bond donors (Lipinski definition) is 0. The Morgan fingerprint density at radius 2 is 1.92 bits per heavy atom. The summed E-state index contributed by atoms with van der Waals surface area (Å²) in [5.41, 5.74) is 0. The lowest BCUT2D eigenvalue weighted by Gasteiger charge is -2.31. The number of rotatable bonds is 0. The van der Waals surface area contributed by atoms with E-state index in [0.717, 1.165) is 29.9 Å². The van der Waals surface area contributed by atoms with Crippen molar-refractivity contribution in [2.24, 2.45) is 0 Å². The zero-order valence-corrected chi connectivity index (χ0v) is 9.74. The molecule has 1 aliphatic heterocycles. The molecule has 0 aromatic carbocycles. The summed E-state index contributed by atoms with van der Waals surface area (Å²) in [7, 11) is 3.61. The molecule has 70 valence electrons. The van der Waals surface area contributed by atoms with E-state index in [-0.39, 0.29) is 6.03 Å². The number of halogens is 1. The molecular formula is C8H15IN2O. The monoisotopic (exact) mass is 282 g/mol. The standard InChI is InChI=1S/C8H15IN2O/c1-10(2)8(12)11-5-3-7(9)4-6-11/h7H,3-6H2,1-2H3. The van der Waals surface area contributed by atoms with Crippen molar-refractivity contribution in [3.05, 3.63) is 0 Å². The van der Waals surface area contributed by atoms with Crippen LogP contribution in [0.2, 0.25) is 0 Å². The first-order chi connectivity index (χ1) is 5.61. The van der Waals surface area contributed by atoms with Crippen LogP contribution in [0.15, 0.2) is 0 Å². The average Bonchev–Trinajstić information content (AvgIpc) is 2.04. The maximum Gasteiger partial charge on any atom is 0.319 e. The SMILES string of the molecule is CN(C)C(=O)N1CCC(I)CC1. The van der Waals surface area contributed by atoms with Crippen molar-refractivity contribution in [1.29, 1.82) is 0 Å². The minimum atomic E-state index is 0.151. The van der Waals surface area contributed by atoms with Gasteiger partial charge in [-0.15, -0.1) is 0 Å². The molecule has 1 fully saturated rings. The molecule has 1 saturated heterocycles. The smallest absolute Gasteiger partial charge is 0.319 e. The van der Waals surface area contributed by atoms with Crippen molar-refractivity contribution in [3.63, 3.8) is 0 Å². The third kappa shape index (κ3) is 2.50. The number of carbonyl (C=O) groups is 1. The second-order valence-electron chi connectivity index (χ2n) is 3.34. The fourth-order valence-electron chi connectivity index (χ4n) is 1.32. The van der Waals surface area contributed by atoms with Gasteiger partial charge in [0, 0.05) is 31.1 Å². The van der Waals surface area contributed by atoms with Gasteiger partial charge in [-0.25, -0.2) is 4.79 Å². The fourth-order valence-corrected chi connectivity index (χ4v) is 1.88. The first-order valence-electron chi connectivity index (χ1n) is 4.21. The molecule has 0 aliphatic carbocycles. The minimum absolute atomic E-state index is 0.151. The number of alkyl halides is 1. The minimum Gasteiger partial charge on any atom is -0.331 e. The zero-order chi connectivity index (χ0) is 9.14. The predicted octanol–water partition coefficient (Wildman–Crippen LogP) is 1.57. The molecular weight excluding hydrogens is 267 g/mol. The maximum absolute atomic E-state index is 11.5. The van der Waals surface area contributed by atoms with E-state index >= 15 is 0 Å². The van der Waals surface area contributed by atoms with Crippen molar-refractivity contribution in [3.8, 4) is 0 Å². The van der Waals surface area contributed by atoms with Gasteiger partial charge in [0.2, 0.25) is 0 Å². The molecule has 0 N–H and O–H groups in total. The Morgan fingerprint density at radius 1 is 1.42 bits per heavy atom. The second kappa shape index (κ2) is 4.30. The van der Waals surface area contributed by atoms with Crippen molar-refractivity contribution in [2.75, 3.05) is 27.2 Å². The Hall–Kier alpha value is 0. The Labute approximate surface area is 87.2 Å². The number of piperidine rings is 1. The summed E-state index contributed by atoms with van der Waals surface area (Å²) in [5.74, 6) is 0. The van der Waals surface area contributed by atoms with Crippen LogP contribution in [-0.2, 0) is 0 Å². The maximum atomic E-state index is 11.5. The number of nitrogens with zero attached hydrogens (tertiary/aromatic N) is 2. The summed E-state index contributed by atoms with van der Waals surface area (Å²) in [6.45, 7) is 1.84. The van der Waals surface area contributed by atoms with Crippen LogP contribution in [0.5, 0.6) is 0 Å². The van der Waals surface area contributed by atoms with Gasteiger partial charge in [-0.1, -0.05) is 22.6 Å². The zero-order valence-electron chi connectivity index (χ0n) is 7.59. The normalized spacial score (nSPS) is 19.4. The van der Waals surface area contributed by atoms with E-state index in [9.17, 15) is 4.79 Å². The van der Waals surface area contributed by atoms with Gasteiger partial charge in [0.05, 0.1) is 0 Å². The molecule has 1 heterocycles. The summed E-state index contributed by atoms with van der Waals surface area (Å²) in [6.07, 6.45) is 2.28. The lowest BCUT2D eigenvalue weighted by atomic mass is 10.1. The average molecular weight is 282 g/mol. The van der Waals surface area contributed by atoms with Gasteiger partial charge in [-0.2, -0.15) is 0 Å². The molecule has 1 rings (SSSR count). The van der Waals surface area contributed by atoms with Crippen molar-refractivity contribution >= 4 is 28.6 Å². The van der Waals surface area contributed by atoms with Crippen LogP contribution >= 0.6 is 22.6 Å². The topological polar surface area (TPSA) is 23.6 Å². The van der Waals surface area contributed by atoms with E-state index in [1.165, 1.54) is 0 Å². The van der Waals surface area contributed by atoms with Crippen LogP contribution in [0.4, 0.5) is 4.79 Å². The molecule has 0 aromatic rings. The molecule has 1 aliphatic rings. The third-order valence-electron chi connectivity index (χ3n) is 2.08. The van der Waals surface area contributed by atoms with Gasteiger partial charge in [-0.05, 0) is 12.8 Å². The lowest BCUT2D eigenvalue weighted by molar-refractivity contribution is 0.162. The van der Waals surface area contributed by atoms with Crippen LogP contribution in [0, 0.1) is 0 Å². The number of likely N-dealkylation sites (tertiary alicyclic amines) is 1. The van der Waals surface area contributed by atoms with Gasteiger partial charge < -0.3 is 9.80 Å². The molecule has 0 atom stereocenters. The highest BCUT2D eigenvalue weighted by Crippen LogP contribution is 2.18. The molecule has 0 unspecified atom stereocenters. The van der Waals surface area contributed by atoms with Crippen LogP contribution < -0.4 is 0 Å². The molecule has 0 saturated carbocycles. The Balaban J connectivity index is 2.39. The van der Waals surface area contributed by atoms with E-state index < -0.39 is 0 Å². The summed E-state index contributed by atoms with van der Waals surface area (Å²) < 4.78 is 0.758. The first kappa shape index (κ1) is 10.1. The molecule has 0 radical (unpaired) electrons. The molecule has 3 nitrogen and oxygen atoms in total. The van der Waals surface area contributed by atoms with Crippen LogP contribution in [0.1, 0.15) is 12.8 Å². The molecule has 12 heavy (non-hydrogen) atoms. The quantitative estimate of drug-likeness (QED) is 0.488. The number of amides is 2. The Bertz CT molecular complexity index is 164. The molecule has 0 spiro atoms. The summed E-state index contributed by atoms with van der Waals surface area (Å²) in [6, 6.07) is 0.151.